The number of sulfonamides is 1. The first kappa shape index (κ1) is 24.7. The van der Waals surface area contributed by atoms with Gasteiger partial charge in [-0.25, -0.2) is 33.5 Å². The van der Waals surface area contributed by atoms with E-state index in [1.54, 1.807) is 12.1 Å². The summed E-state index contributed by atoms with van der Waals surface area (Å²) in [6.45, 7) is 0. The number of benzene rings is 4. The standard InChI is InChI=1S/C32H21N9O2S/c33-44(42,43)23-15-7-14-22-24(23)32-40-30-21-13-6-5-12-20(21)28(38-30)36-26-17-9-2-1-8-16(17)25(34-26)35-27-18-10-3-4-11-19(18)29(37-27)39-31(22)41-32/h1-15H,(H2,33,42,43)(H4,34,35,36,37,38,39,40,41). The molecule has 212 valence electrons. The Morgan fingerprint density at radius 2 is 0.795 bits per heavy atom. The molecule has 0 radical (unpaired) electrons. The number of primary sulfonamides is 1. The van der Waals surface area contributed by atoms with Crippen LogP contribution in [0.5, 0.6) is 0 Å². The summed E-state index contributed by atoms with van der Waals surface area (Å²) < 4.78 is 25.5. The number of nitrogens with zero attached hydrogens (tertiary/aromatic N) is 4. The van der Waals surface area contributed by atoms with E-state index in [0.717, 1.165) is 32.3 Å². The molecule has 8 bridgehead atoms. The molecule has 5 heterocycles. The molecule has 8 aromatic rings. The minimum absolute atomic E-state index is 0.0535. The molecule has 0 atom stereocenters. The zero-order valence-electron chi connectivity index (χ0n) is 22.8. The number of hydrogen-bond donors (Lipinski definition) is 5. The van der Waals surface area contributed by atoms with Gasteiger partial charge in [-0.2, -0.15) is 0 Å². The predicted octanol–water partition coefficient (Wildman–Crippen LogP) is 4.38. The minimum atomic E-state index is -4.10. The van der Waals surface area contributed by atoms with E-state index in [0.29, 0.717) is 56.0 Å². The van der Waals surface area contributed by atoms with E-state index in [1.165, 1.54) is 6.07 Å². The Kier molecular flexibility index (Phi) is 4.96. The summed E-state index contributed by atoms with van der Waals surface area (Å²) in [7, 11) is -4.10. The van der Waals surface area contributed by atoms with Crippen molar-refractivity contribution in [3.63, 3.8) is 0 Å². The second-order valence-electron chi connectivity index (χ2n) is 10.6. The summed E-state index contributed by atoms with van der Waals surface area (Å²) >= 11 is 0. The molecule has 0 aliphatic carbocycles. The first-order chi connectivity index (χ1) is 21.4. The first-order valence-electron chi connectivity index (χ1n) is 13.8. The van der Waals surface area contributed by atoms with Crippen LogP contribution in [-0.4, -0.2) is 28.4 Å². The summed E-state index contributed by atoms with van der Waals surface area (Å²) in [5.74, 6) is 2.00. The highest BCUT2D eigenvalue weighted by molar-refractivity contribution is 7.89. The molecule has 4 aromatic heterocycles. The van der Waals surface area contributed by atoms with Gasteiger partial charge in [-0.1, -0.05) is 84.9 Å². The Hall–Kier alpha value is -5.85. The number of aromatic amines is 4. The fourth-order valence-corrected chi connectivity index (χ4v) is 6.79. The molecule has 0 fully saturated rings. The average molecular weight is 596 g/mol. The zero-order valence-corrected chi connectivity index (χ0v) is 23.6. The van der Waals surface area contributed by atoms with Gasteiger partial charge in [0.05, 0.1) is 4.90 Å². The van der Waals surface area contributed by atoms with E-state index >= 15 is 0 Å². The van der Waals surface area contributed by atoms with Crippen molar-refractivity contribution in [1.82, 2.24) is 19.9 Å². The Balaban J connectivity index is 1.52. The van der Waals surface area contributed by atoms with Crippen molar-refractivity contribution in [2.24, 2.45) is 25.1 Å². The van der Waals surface area contributed by atoms with Crippen LogP contribution >= 0.6 is 0 Å². The van der Waals surface area contributed by atoms with Crippen molar-refractivity contribution in [2.45, 2.75) is 4.90 Å². The maximum absolute atomic E-state index is 12.8. The van der Waals surface area contributed by atoms with Crippen LogP contribution in [0.1, 0.15) is 0 Å². The second-order valence-corrected chi connectivity index (χ2v) is 12.1. The number of aromatic nitrogens is 4. The van der Waals surface area contributed by atoms with Gasteiger partial charge < -0.3 is 19.9 Å². The number of nitrogens with one attached hydrogen (secondary N) is 4. The Morgan fingerprint density at radius 1 is 0.432 bits per heavy atom. The molecule has 1 aliphatic rings. The van der Waals surface area contributed by atoms with Crippen molar-refractivity contribution in [3.05, 3.63) is 113 Å². The lowest BCUT2D eigenvalue weighted by molar-refractivity contribution is 0.598. The van der Waals surface area contributed by atoms with Crippen molar-refractivity contribution in [1.29, 1.82) is 0 Å². The summed E-state index contributed by atoms with van der Waals surface area (Å²) in [5.41, 5.74) is 2.25. The van der Waals surface area contributed by atoms with Gasteiger partial charge in [0.1, 0.15) is 45.2 Å². The van der Waals surface area contributed by atoms with Crippen molar-refractivity contribution >= 4 is 76.4 Å². The first-order valence-corrected chi connectivity index (χ1v) is 15.3. The fourth-order valence-electron chi connectivity index (χ4n) is 6.03. The van der Waals surface area contributed by atoms with Crippen LogP contribution in [0.2, 0.25) is 0 Å². The highest BCUT2D eigenvalue weighted by Crippen LogP contribution is 2.38. The third kappa shape index (κ3) is 3.62. The largest absolute Gasteiger partial charge is 0.324 e. The Labute approximate surface area is 247 Å². The highest BCUT2D eigenvalue weighted by Gasteiger charge is 2.21. The van der Waals surface area contributed by atoms with E-state index in [9.17, 15) is 8.42 Å². The van der Waals surface area contributed by atoms with Gasteiger partial charge in [-0.3, -0.25) is 0 Å². The molecular weight excluding hydrogens is 574 g/mol. The number of H-pyrrole nitrogens is 4. The fraction of sp³-hybridized carbons (Fsp3) is 0. The predicted molar refractivity (Wildman–Crippen MR) is 168 cm³/mol. The molecule has 1 aliphatic heterocycles. The van der Waals surface area contributed by atoms with Crippen LogP contribution in [0, 0.1) is 0 Å². The molecule has 0 saturated heterocycles. The van der Waals surface area contributed by atoms with Crippen LogP contribution in [0.4, 0.5) is 23.3 Å². The third-order valence-corrected chi connectivity index (χ3v) is 8.93. The number of nitrogens with two attached hydrogens (primary N) is 1. The topological polar surface area (TPSA) is 173 Å². The van der Waals surface area contributed by atoms with Gasteiger partial charge in [0.15, 0.2) is 0 Å². The molecule has 11 nitrogen and oxygen atoms in total. The van der Waals surface area contributed by atoms with Crippen LogP contribution in [0.15, 0.2) is 116 Å². The summed E-state index contributed by atoms with van der Waals surface area (Å²) in [4.78, 5) is 33.4. The lowest BCUT2D eigenvalue weighted by Crippen LogP contribution is -2.12. The van der Waals surface area contributed by atoms with E-state index in [2.05, 4.69) is 19.9 Å². The van der Waals surface area contributed by atoms with Crippen LogP contribution < -0.4 is 27.1 Å². The third-order valence-electron chi connectivity index (χ3n) is 7.98. The quantitative estimate of drug-likeness (QED) is 0.190. The lowest BCUT2D eigenvalue weighted by Gasteiger charge is -2.01. The van der Waals surface area contributed by atoms with Crippen LogP contribution in [0.3, 0.4) is 0 Å². The molecule has 0 amide bonds. The van der Waals surface area contributed by atoms with E-state index in [-0.39, 0.29) is 4.90 Å². The van der Waals surface area contributed by atoms with Gasteiger partial charge >= 0.3 is 0 Å². The summed E-state index contributed by atoms with van der Waals surface area (Å²) in [6, 6.07) is 28.4. The molecular formula is C32H21N9O2S. The van der Waals surface area contributed by atoms with Crippen molar-refractivity contribution < 1.29 is 8.42 Å². The van der Waals surface area contributed by atoms with E-state index in [1.807, 2.05) is 72.8 Å². The van der Waals surface area contributed by atoms with Gasteiger partial charge in [0, 0.05) is 43.1 Å². The monoisotopic (exact) mass is 595 g/mol. The molecule has 12 heteroatoms. The summed E-state index contributed by atoms with van der Waals surface area (Å²) in [5, 5.41) is 11.8. The number of rotatable bonds is 1. The van der Waals surface area contributed by atoms with Crippen molar-refractivity contribution in [2.75, 3.05) is 0 Å². The Morgan fingerprint density at radius 3 is 1.25 bits per heavy atom. The minimum Gasteiger partial charge on any atom is -0.324 e. The van der Waals surface area contributed by atoms with Gasteiger partial charge in [0.2, 0.25) is 10.0 Å². The van der Waals surface area contributed by atoms with Crippen molar-refractivity contribution in [3.8, 4) is 0 Å². The van der Waals surface area contributed by atoms with Crippen LogP contribution in [-0.2, 0) is 10.0 Å². The average Bonchev–Trinajstić information content (AvgIpc) is 3.76. The number of hydrogen-bond acceptors (Lipinski definition) is 6. The van der Waals surface area contributed by atoms with Gasteiger partial charge in [-0.05, 0) is 6.07 Å². The zero-order chi connectivity index (χ0) is 29.6. The molecule has 6 N–H and O–H groups in total. The normalized spacial score (nSPS) is 13.1. The molecule has 0 spiro atoms. The smallest absolute Gasteiger partial charge is 0.238 e. The Bertz CT molecular complexity index is 2870. The van der Waals surface area contributed by atoms with Gasteiger partial charge in [0.25, 0.3) is 0 Å². The number of fused-ring (bicyclic) bond motifs is 20. The molecule has 0 saturated carbocycles. The summed E-state index contributed by atoms with van der Waals surface area (Å²) in [6.07, 6.45) is 0. The van der Waals surface area contributed by atoms with Crippen LogP contribution in [0.25, 0.3) is 43.1 Å². The second kappa shape index (κ2) is 8.83. The molecule has 0 unspecified atom stereocenters. The molecule has 4 aromatic carbocycles. The van der Waals surface area contributed by atoms with Gasteiger partial charge in [-0.15, -0.1) is 0 Å². The maximum atomic E-state index is 12.8. The molecule has 44 heavy (non-hydrogen) atoms. The van der Waals surface area contributed by atoms with E-state index < -0.39 is 10.0 Å². The highest BCUT2D eigenvalue weighted by atomic mass is 32.2. The lowest BCUT2D eigenvalue weighted by atomic mass is 10.2. The molecule has 9 rings (SSSR count). The SMILES string of the molecule is NS(=O)(=O)c1cccc2c3[nH]c(c12)N=c1[nH]c(c2ccccc12)=Nc1[nH]c(c2ccccc12)N=c1[nH]c(c2ccccc12)=N3. The maximum Gasteiger partial charge on any atom is 0.238 e. The van der Waals surface area contributed by atoms with E-state index in [4.69, 9.17) is 25.1 Å².